The van der Waals surface area contributed by atoms with E-state index in [1.807, 2.05) is 0 Å². The molecule has 4 nitrogen and oxygen atoms in total. The third-order valence-corrected chi connectivity index (χ3v) is 4.35. The molecule has 0 spiro atoms. The van der Waals surface area contributed by atoms with E-state index >= 15 is 0 Å². The van der Waals surface area contributed by atoms with Gasteiger partial charge in [0.15, 0.2) is 17.3 Å². The van der Waals surface area contributed by atoms with Crippen molar-refractivity contribution in [2.45, 2.75) is 44.2 Å². The molecule has 6 heteroatoms. The molecular weight excluding hydrogens is 282 g/mol. The third-order valence-electron chi connectivity index (χ3n) is 4.35. The van der Waals surface area contributed by atoms with Gasteiger partial charge in [0, 0.05) is 11.5 Å². The van der Waals surface area contributed by atoms with E-state index in [1.54, 1.807) is 0 Å². The van der Waals surface area contributed by atoms with Crippen LogP contribution in [0.15, 0.2) is 18.2 Å². The normalized spacial score (nSPS) is 32.2. The van der Waals surface area contributed by atoms with Crippen molar-refractivity contribution in [2.75, 3.05) is 0 Å². The summed E-state index contributed by atoms with van der Waals surface area (Å²) in [6.45, 7) is 0. The topological polar surface area (TPSA) is 44.8 Å². The van der Waals surface area contributed by atoms with Crippen LogP contribution < -0.4 is 9.47 Å². The number of Topliss-reactive ketones (excluding diaryl/α,β-unsaturated/α-hetero) is 1. The number of alkyl halides is 2. The Morgan fingerprint density at radius 3 is 2.48 bits per heavy atom. The summed E-state index contributed by atoms with van der Waals surface area (Å²) in [6, 6.07) is 4.22. The van der Waals surface area contributed by atoms with Crippen molar-refractivity contribution in [3.63, 3.8) is 0 Å². The second-order valence-corrected chi connectivity index (χ2v) is 5.82. The zero-order valence-electron chi connectivity index (χ0n) is 11.2. The van der Waals surface area contributed by atoms with Crippen molar-refractivity contribution in [1.29, 1.82) is 0 Å². The summed E-state index contributed by atoms with van der Waals surface area (Å²) in [4.78, 5) is 12.5. The molecule has 3 aliphatic rings. The Hall–Kier alpha value is -1.69. The number of carbonyl (C=O) groups excluding carboxylic acids is 1. The van der Waals surface area contributed by atoms with Gasteiger partial charge in [0.1, 0.15) is 0 Å². The standard InChI is InChI=1S/C15H14F2O4/c16-15(17)20-12-4-1-8(7-13(12)21-15)14(18)9-5-10-2-3-11(6-9)19-10/h1,4,7,9-11H,2-3,5-6H2. The molecule has 3 aliphatic heterocycles. The fraction of sp³-hybridized carbons (Fsp3) is 0.533. The van der Waals surface area contributed by atoms with Crippen LogP contribution in [0.25, 0.3) is 0 Å². The molecule has 0 radical (unpaired) electrons. The first-order chi connectivity index (χ1) is 10.00. The van der Waals surface area contributed by atoms with Crippen LogP contribution in [0.4, 0.5) is 8.78 Å². The molecule has 1 aromatic rings. The summed E-state index contributed by atoms with van der Waals surface area (Å²) >= 11 is 0. The first-order valence-electron chi connectivity index (χ1n) is 7.10. The van der Waals surface area contributed by atoms with E-state index in [9.17, 15) is 13.6 Å². The van der Waals surface area contributed by atoms with Crippen LogP contribution in [0.1, 0.15) is 36.0 Å². The number of ketones is 1. The molecule has 4 rings (SSSR count). The highest BCUT2D eigenvalue weighted by Crippen LogP contribution is 2.42. The van der Waals surface area contributed by atoms with Gasteiger partial charge in [0.2, 0.25) is 0 Å². The molecule has 21 heavy (non-hydrogen) atoms. The number of ether oxygens (including phenoxy) is 3. The van der Waals surface area contributed by atoms with Crippen LogP contribution in [0.3, 0.4) is 0 Å². The predicted molar refractivity (Wildman–Crippen MR) is 67.6 cm³/mol. The minimum absolute atomic E-state index is 0.0307. The van der Waals surface area contributed by atoms with Gasteiger partial charge < -0.3 is 14.2 Å². The molecule has 2 fully saturated rings. The molecule has 0 aliphatic carbocycles. The van der Waals surface area contributed by atoms with Gasteiger partial charge in [0.25, 0.3) is 0 Å². The predicted octanol–water partition coefficient (Wildman–Crippen LogP) is 3.15. The summed E-state index contributed by atoms with van der Waals surface area (Å²) in [5.41, 5.74) is 0.390. The Balaban J connectivity index is 1.56. The van der Waals surface area contributed by atoms with Crippen LogP contribution >= 0.6 is 0 Å². The number of fused-ring (bicyclic) bond motifs is 3. The van der Waals surface area contributed by atoms with Gasteiger partial charge in [-0.05, 0) is 43.9 Å². The lowest BCUT2D eigenvalue weighted by atomic mass is 9.88. The van der Waals surface area contributed by atoms with Crippen molar-refractivity contribution in [3.05, 3.63) is 23.8 Å². The van der Waals surface area contributed by atoms with Gasteiger partial charge in [-0.15, -0.1) is 8.78 Å². The molecule has 2 atom stereocenters. The van der Waals surface area contributed by atoms with Crippen molar-refractivity contribution >= 4 is 5.78 Å². The minimum Gasteiger partial charge on any atom is -0.395 e. The molecule has 0 N–H and O–H groups in total. The van der Waals surface area contributed by atoms with Crippen molar-refractivity contribution in [1.82, 2.24) is 0 Å². The number of rotatable bonds is 2. The van der Waals surface area contributed by atoms with Crippen LogP contribution in [0.5, 0.6) is 11.5 Å². The molecule has 2 saturated heterocycles. The fourth-order valence-corrected chi connectivity index (χ4v) is 3.41. The number of benzene rings is 1. The van der Waals surface area contributed by atoms with E-state index in [4.69, 9.17) is 4.74 Å². The van der Waals surface area contributed by atoms with E-state index in [0.717, 1.165) is 12.8 Å². The highest BCUT2D eigenvalue weighted by molar-refractivity contribution is 5.98. The number of halogens is 2. The molecule has 2 unspecified atom stereocenters. The Bertz CT molecular complexity index is 589. The third kappa shape index (κ3) is 2.27. The SMILES string of the molecule is O=C(c1ccc2c(c1)OC(F)(F)O2)C1CC2CCC(C1)O2. The first-order valence-corrected chi connectivity index (χ1v) is 7.10. The first kappa shape index (κ1) is 13.0. The molecule has 3 heterocycles. The van der Waals surface area contributed by atoms with Crippen molar-refractivity contribution < 1.29 is 27.8 Å². The van der Waals surface area contributed by atoms with Crippen LogP contribution in [0, 0.1) is 5.92 Å². The molecule has 0 saturated carbocycles. The molecule has 0 aromatic heterocycles. The van der Waals surface area contributed by atoms with Crippen molar-refractivity contribution in [3.8, 4) is 11.5 Å². The largest absolute Gasteiger partial charge is 0.586 e. The number of hydrogen-bond donors (Lipinski definition) is 0. The van der Waals surface area contributed by atoms with Gasteiger partial charge in [0.05, 0.1) is 12.2 Å². The number of hydrogen-bond acceptors (Lipinski definition) is 4. The van der Waals surface area contributed by atoms with Crippen LogP contribution in [-0.2, 0) is 4.74 Å². The summed E-state index contributed by atoms with van der Waals surface area (Å²) in [5.74, 6) is -0.251. The van der Waals surface area contributed by atoms with Crippen molar-refractivity contribution in [2.24, 2.45) is 5.92 Å². The average molecular weight is 296 g/mol. The molecule has 112 valence electrons. The highest BCUT2D eigenvalue weighted by Gasteiger charge is 2.44. The summed E-state index contributed by atoms with van der Waals surface area (Å²) in [5, 5.41) is 0. The molecule has 1 aromatic carbocycles. The van der Waals surface area contributed by atoms with Crippen LogP contribution in [0.2, 0.25) is 0 Å². The van der Waals surface area contributed by atoms with E-state index in [2.05, 4.69) is 9.47 Å². The van der Waals surface area contributed by atoms with Gasteiger partial charge in [-0.25, -0.2) is 0 Å². The van der Waals surface area contributed by atoms with E-state index < -0.39 is 6.29 Å². The lowest BCUT2D eigenvalue weighted by Gasteiger charge is -2.27. The molecular formula is C15H14F2O4. The Labute approximate surface area is 120 Å². The van der Waals surface area contributed by atoms with E-state index in [-0.39, 0.29) is 35.4 Å². The maximum absolute atomic E-state index is 13.0. The Morgan fingerprint density at radius 2 is 1.76 bits per heavy atom. The van der Waals surface area contributed by atoms with Crippen LogP contribution in [-0.4, -0.2) is 24.3 Å². The zero-order chi connectivity index (χ0) is 14.6. The lowest BCUT2D eigenvalue weighted by molar-refractivity contribution is -0.286. The number of carbonyl (C=O) groups is 1. The highest BCUT2D eigenvalue weighted by atomic mass is 19.3. The molecule has 2 bridgehead atoms. The van der Waals surface area contributed by atoms with Gasteiger partial charge in [-0.2, -0.15) is 0 Å². The maximum atomic E-state index is 13.0. The van der Waals surface area contributed by atoms with E-state index in [0.29, 0.717) is 18.4 Å². The summed E-state index contributed by atoms with van der Waals surface area (Å²) < 4.78 is 40.4. The van der Waals surface area contributed by atoms with Gasteiger partial charge >= 0.3 is 6.29 Å². The Morgan fingerprint density at radius 1 is 1.10 bits per heavy atom. The Kier molecular flexibility index (Phi) is 2.73. The van der Waals surface area contributed by atoms with Gasteiger partial charge in [-0.1, -0.05) is 0 Å². The smallest absolute Gasteiger partial charge is 0.395 e. The zero-order valence-corrected chi connectivity index (χ0v) is 11.2. The summed E-state index contributed by atoms with van der Waals surface area (Å²) in [7, 11) is 0. The summed E-state index contributed by atoms with van der Waals surface area (Å²) in [6.07, 6.45) is 0.0951. The average Bonchev–Trinajstić information content (AvgIpc) is 2.94. The second kappa shape index (κ2) is 4.40. The minimum atomic E-state index is -3.65. The second-order valence-electron chi connectivity index (χ2n) is 5.82. The van der Waals surface area contributed by atoms with E-state index in [1.165, 1.54) is 18.2 Å². The molecule has 0 amide bonds. The maximum Gasteiger partial charge on any atom is 0.586 e. The van der Waals surface area contributed by atoms with Gasteiger partial charge in [-0.3, -0.25) is 4.79 Å². The fourth-order valence-electron chi connectivity index (χ4n) is 3.41. The monoisotopic (exact) mass is 296 g/mol. The quantitative estimate of drug-likeness (QED) is 0.786. The lowest BCUT2D eigenvalue weighted by Crippen LogP contribution is -2.30.